The van der Waals surface area contributed by atoms with Crippen molar-refractivity contribution in [1.29, 1.82) is 0 Å². The first kappa shape index (κ1) is 21.0. The molecule has 0 spiro atoms. The number of anilines is 1. The molecule has 9 nitrogen and oxygen atoms in total. The monoisotopic (exact) mass is 432 g/mol. The number of nitrogens with zero attached hydrogens (tertiary/aromatic N) is 4. The molecule has 3 N–H and O–H groups in total. The molecule has 1 aromatic carbocycles. The van der Waals surface area contributed by atoms with Crippen LogP contribution < -0.4 is 10.5 Å². The van der Waals surface area contributed by atoms with Crippen molar-refractivity contribution in [2.75, 3.05) is 11.1 Å². The summed E-state index contributed by atoms with van der Waals surface area (Å²) in [5.41, 5.74) is 1.26. The quantitative estimate of drug-likeness (QED) is 0.521. The van der Waals surface area contributed by atoms with Crippen LogP contribution in [0.1, 0.15) is 13.3 Å². The average molecular weight is 433 g/mol. The van der Waals surface area contributed by atoms with E-state index in [0.29, 0.717) is 17.4 Å². The van der Waals surface area contributed by atoms with Gasteiger partial charge in [0.25, 0.3) is 0 Å². The summed E-state index contributed by atoms with van der Waals surface area (Å²) in [5, 5.41) is 16.9. The number of nitrogens with one attached hydrogen (secondary N) is 1. The van der Waals surface area contributed by atoms with Crippen molar-refractivity contribution in [3.05, 3.63) is 48.8 Å². The summed E-state index contributed by atoms with van der Waals surface area (Å²) in [4.78, 5) is 16.3. The lowest BCUT2D eigenvalue weighted by molar-refractivity contribution is -0.113. The summed E-state index contributed by atoms with van der Waals surface area (Å²) in [6, 6.07) is 9.51. The van der Waals surface area contributed by atoms with E-state index in [2.05, 4.69) is 27.4 Å². The maximum atomic E-state index is 12.3. The Hall–Kier alpha value is -2.76. The van der Waals surface area contributed by atoms with Crippen molar-refractivity contribution in [3.8, 4) is 11.4 Å². The molecule has 0 bridgehead atoms. The third kappa shape index (κ3) is 5.40. The van der Waals surface area contributed by atoms with Crippen LogP contribution in [0.5, 0.6) is 0 Å². The smallest absolute Gasteiger partial charge is 0.238 e. The fraction of sp³-hybridized carbons (Fsp3) is 0.222. The van der Waals surface area contributed by atoms with Gasteiger partial charge < -0.3 is 9.88 Å². The molecule has 0 unspecified atom stereocenters. The first-order valence-electron chi connectivity index (χ1n) is 8.77. The van der Waals surface area contributed by atoms with Crippen LogP contribution in [0.25, 0.3) is 11.4 Å². The second-order valence-electron chi connectivity index (χ2n) is 6.10. The molecule has 0 radical (unpaired) electrons. The van der Waals surface area contributed by atoms with Crippen molar-refractivity contribution >= 4 is 33.4 Å². The van der Waals surface area contributed by atoms with Gasteiger partial charge in [-0.3, -0.25) is 9.78 Å². The van der Waals surface area contributed by atoms with Gasteiger partial charge in [-0.15, -0.1) is 10.2 Å². The number of aromatic nitrogens is 4. The van der Waals surface area contributed by atoms with Crippen LogP contribution in [0, 0.1) is 0 Å². The minimum atomic E-state index is -3.83. The Labute approximate surface area is 172 Å². The Morgan fingerprint density at radius 1 is 1.21 bits per heavy atom. The van der Waals surface area contributed by atoms with Crippen LogP contribution in [-0.2, 0) is 21.4 Å². The first-order chi connectivity index (χ1) is 13.9. The molecule has 2 aromatic heterocycles. The third-order valence-electron chi connectivity index (χ3n) is 3.88. The number of hydrogen-bond acceptors (Lipinski definition) is 7. The van der Waals surface area contributed by atoms with E-state index in [9.17, 15) is 13.2 Å². The van der Waals surface area contributed by atoms with E-state index >= 15 is 0 Å². The van der Waals surface area contributed by atoms with E-state index in [1.165, 1.54) is 30.0 Å². The molecule has 3 rings (SSSR count). The summed E-state index contributed by atoms with van der Waals surface area (Å²) >= 11 is 1.26. The maximum absolute atomic E-state index is 12.3. The number of pyridine rings is 1. The summed E-state index contributed by atoms with van der Waals surface area (Å²) in [6.45, 7) is 2.76. The average Bonchev–Trinajstić information content (AvgIpc) is 3.09. The summed E-state index contributed by atoms with van der Waals surface area (Å²) in [6.07, 6.45) is 4.27. The van der Waals surface area contributed by atoms with Gasteiger partial charge in [0, 0.05) is 30.2 Å². The van der Waals surface area contributed by atoms with E-state index < -0.39 is 10.0 Å². The van der Waals surface area contributed by atoms with Crippen LogP contribution >= 0.6 is 11.8 Å². The molecule has 29 heavy (non-hydrogen) atoms. The zero-order chi connectivity index (χ0) is 20.9. The molecule has 2 heterocycles. The second kappa shape index (κ2) is 9.16. The molecular weight excluding hydrogens is 412 g/mol. The zero-order valence-electron chi connectivity index (χ0n) is 15.6. The third-order valence-corrected chi connectivity index (χ3v) is 5.76. The number of carbonyl (C=O) groups is 1. The molecule has 0 atom stereocenters. The van der Waals surface area contributed by atoms with Gasteiger partial charge in [0.2, 0.25) is 15.9 Å². The van der Waals surface area contributed by atoms with Gasteiger partial charge in [-0.05, 0) is 36.8 Å². The minimum absolute atomic E-state index is 0.0624. The fourth-order valence-corrected chi connectivity index (χ4v) is 3.94. The molecule has 0 saturated carbocycles. The molecule has 0 aliphatic heterocycles. The lowest BCUT2D eigenvalue weighted by Crippen LogP contribution is -2.16. The number of nitrogens with two attached hydrogens (primary N) is 1. The Morgan fingerprint density at radius 3 is 2.66 bits per heavy atom. The van der Waals surface area contributed by atoms with Gasteiger partial charge in [0.1, 0.15) is 0 Å². The van der Waals surface area contributed by atoms with Crippen molar-refractivity contribution in [3.63, 3.8) is 0 Å². The van der Waals surface area contributed by atoms with E-state index in [4.69, 9.17) is 5.14 Å². The Balaban J connectivity index is 1.70. The van der Waals surface area contributed by atoms with Gasteiger partial charge in [0.05, 0.1) is 10.6 Å². The zero-order valence-corrected chi connectivity index (χ0v) is 17.3. The minimum Gasteiger partial charge on any atom is -0.325 e. The molecule has 0 aliphatic rings. The molecule has 11 heteroatoms. The number of sulfonamides is 1. The molecule has 152 valence electrons. The lowest BCUT2D eigenvalue weighted by atomic mass is 10.2. The van der Waals surface area contributed by atoms with Gasteiger partial charge in [0.15, 0.2) is 11.0 Å². The highest BCUT2D eigenvalue weighted by molar-refractivity contribution is 7.99. The molecule has 0 aliphatic carbocycles. The van der Waals surface area contributed by atoms with Crippen LogP contribution in [0.2, 0.25) is 0 Å². The molecule has 0 saturated heterocycles. The maximum Gasteiger partial charge on any atom is 0.238 e. The highest BCUT2D eigenvalue weighted by Crippen LogP contribution is 2.24. The molecular formula is C18H20N6O3S2. The predicted octanol–water partition coefficient (Wildman–Crippen LogP) is 2.13. The van der Waals surface area contributed by atoms with Crippen LogP contribution in [0.15, 0.2) is 58.8 Å². The fourth-order valence-electron chi connectivity index (χ4n) is 2.61. The van der Waals surface area contributed by atoms with Gasteiger partial charge in [-0.2, -0.15) is 0 Å². The molecule has 3 aromatic rings. The Kier molecular flexibility index (Phi) is 6.62. The largest absolute Gasteiger partial charge is 0.325 e. The number of carbonyl (C=O) groups excluding carboxylic acids is 1. The van der Waals surface area contributed by atoms with Gasteiger partial charge >= 0.3 is 0 Å². The number of rotatable bonds is 8. The Morgan fingerprint density at radius 2 is 1.97 bits per heavy atom. The highest BCUT2D eigenvalue weighted by Gasteiger charge is 2.15. The van der Waals surface area contributed by atoms with Crippen molar-refractivity contribution in [2.45, 2.75) is 29.9 Å². The van der Waals surface area contributed by atoms with Gasteiger partial charge in [-0.25, -0.2) is 13.6 Å². The lowest BCUT2D eigenvalue weighted by Gasteiger charge is -2.09. The SMILES string of the molecule is CCCn1c(SCC(=O)Nc2cccc(S(N)(=O)=O)c2)nnc1-c1ccncc1. The number of benzene rings is 1. The van der Waals surface area contributed by atoms with Crippen LogP contribution in [0.4, 0.5) is 5.69 Å². The summed E-state index contributed by atoms with van der Waals surface area (Å²) < 4.78 is 24.8. The van der Waals surface area contributed by atoms with E-state index in [0.717, 1.165) is 17.8 Å². The predicted molar refractivity (Wildman–Crippen MR) is 111 cm³/mol. The van der Waals surface area contributed by atoms with E-state index in [1.54, 1.807) is 18.5 Å². The standard InChI is InChI=1S/C18H20N6O3S2/c1-2-10-24-17(13-6-8-20-9-7-13)22-23-18(24)28-12-16(25)21-14-4-3-5-15(11-14)29(19,26)27/h3-9,11H,2,10,12H2,1H3,(H,21,25)(H2,19,26,27). The number of primary sulfonamides is 1. The first-order valence-corrected chi connectivity index (χ1v) is 11.3. The highest BCUT2D eigenvalue weighted by atomic mass is 32.2. The normalized spacial score (nSPS) is 11.4. The second-order valence-corrected chi connectivity index (χ2v) is 8.61. The van der Waals surface area contributed by atoms with Crippen molar-refractivity contribution in [2.24, 2.45) is 5.14 Å². The Bertz CT molecular complexity index is 1100. The summed E-state index contributed by atoms with van der Waals surface area (Å²) in [5.74, 6) is 0.522. The number of amides is 1. The molecule has 0 fully saturated rings. The summed E-state index contributed by atoms with van der Waals surface area (Å²) in [7, 11) is -3.83. The topological polar surface area (TPSA) is 133 Å². The number of thioether (sulfide) groups is 1. The van der Waals surface area contributed by atoms with Crippen LogP contribution in [0.3, 0.4) is 0 Å². The molecule has 1 amide bonds. The van der Waals surface area contributed by atoms with Gasteiger partial charge in [-0.1, -0.05) is 24.8 Å². The van der Waals surface area contributed by atoms with Crippen LogP contribution in [-0.4, -0.2) is 39.8 Å². The van der Waals surface area contributed by atoms with E-state index in [1.807, 2.05) is 16.7 Å². The number of hydrogen-bond donors (Lipinski definition) is 2. The van der Waals surface area contributed by atoms with Crippen molar-refractivity contribution < 1.29 is 13.2 Å². The van der Waals surface area contributed by atoms with Crippen molar-refractivity contribution in [1.82, 2.24) is 19.7 Å². The van der Waals surface area contributed by atoms with E-state index in [-0.39, 0.29) is 16.6 Å².